The van der Waals surface area contributed by atoms with Gasteiger partial charge in [-0.05, 0) is 48.4 Å². The molecule has 2 aromatic heterocycles. The van der Waals surface area contributed by atoms with Crippen LogP contribution in [0.15, 0.2) is 24.5 Å². The molecule has 0 amide bonds. The number of nitrogens with zero attached hydrogens (tertiary/aromatic N) is 4. The molecule has 8 nitrogen and oxygen atoms in total. The van der Waals surface area contributed by atoms with Crippen LogP contribution in [-0.2, 0) is 9.49 Å². The second-order valence-electron chi connectivity index (χ2n) is 6.25. The molecular formula is C15H20BClN5O3ReXe. The molecule has 1 aliphatic heterocycles. The van der Waals surface area contributed by atoms with Crippen molar-refractivity contribution >= 4 is 35.8 Å². The fourth-order valence-electron chi connectivity index (χ4n) is 2.98. The zero-order valence-corrected chi connectivity index (χ0v) is 20.0. The Morgan fingerprint density at radius 3 is 2.41 bits per heavy atom. The first-order valence-electron chi connectivity index (χ1n) is 8.05. The maximum absolute atomic E-state index is 9.06. The molecule has 2 aliphatic rings. The first-order valence-corrected chi connectivity index (χ1v) is 16.5. The number of nitrogens with two attached hydrogens (primary N) is 1. The first-order chi connectivity index (χ1) is 12.8. The molecule has 1 saturated heterocycles. The molecule has 12 heteroatoms. The van der Waals surface area contributed by atoms with Crippen LogP contribution in [-0.4, -0.2) is 45.6 Å². The van der Waals surface area contributed by atoms with E-state index in [0.717, 1.165) is 36.3 Å². The van der Waals surface area contributed by atoms with E-state index in [0.29, 0.717) is 11.3 Å². The third kappa shape index (κ3) is 7.57. The second kappa shape index (κ2) is 11.5. The Bertz CT molecular complexity index is 736. The Morgan fingerprint density at radius 2 is 1.96 bits per heavy atom. The quantitative estimate of drug-likeness (QED) is 0.251. The van der Waals surface area contributed by atoms with Gasteiger partial charge in [0, 0.05) is 30.9 Å². The molecule has 3 heterocycles. The van der Waals surface area contributed by atoms with Gasteiger partial charge in [-0.1, -0.05) is 6.07 Å². The molecular weight excluding hydrogens is 662 g/mol. The van der Waals surface area contributed by atoms with Crippen LogP contribution in [0.3, 0.4) is 0 Å². The van der Waals surface area contributed by atoms with Crippen LogP contribution < -0.4 is 16.1 Å². The molecule has 0 radical (unpaired) electrons. The van der Waals surface area contributed by atoms with Gasteiger partial charge in [0.15, 0.2) is 0 Å². The van der Waals surface area contributed by atoms with E-state index < -0.39 is 7.12 Å². The number of fused-ring (bicyclic) bond motifs is 1. The fourth-order valence-corrected chi connectivity index (χ4v) is 3.13. The number of aryl methyl sites for hydroxylation is 1. The van der Waals surface area contributed by atoms with Gasteiger partial charge in [-0.25, -0.2) is 15.0 Å². The number of nitrogen functional groups attached to an aromatic ring is 1. The molecule has 148 valence electrons. The second-order valence-corrected chi connectivity index (χ2v) is 9.81. The molecule has 2 atom stereocenters. The number of rotatable bonds is 2. The van der Waals surface area contributed by atoms with Crippen LogP contribution in [0.1, 0.15) is 12.0 Å². The van der Waals surface area contributed by atoms with Crippen molar-refractivity contribution in [3.8, 4) is 0 Å². The van der Waals surface area contributed by atoms with Gasteiger partial charge in [-0.3, -0.25) is 0 Å². The van der Waals surface area contributed by atoms with E-state index in [9.17, 15) is 0 Å². The number of piperidine rings is 1. The minimum atomic E-state index is -1.42. The average molecular weight is 682 g/mol. The van der Waals surface area contributed by atoms with Gasteiger partial charge in [0.05, 0.1) is 0 Å². The summed E-state index contributed by atoms with van der Waals surface area (Å²) >= 11 is 5.11. The fraction of sp³-hybridized carbons (Fsp3) is 0.400. The van der Waals surface area contributed by atoms with Gasteiger partial charge in [-0.2, -0.15) is 0 Å². The predicted octanol–water partition coefficient (Wildman–Crippen LogP) is -0.321. The Balaban J connectivity index is 0.000000200. The molecule has 4 rings (SSSR count). The van der Waals surface area contributed by atoms with E-state index in [1.807, 2.05) is 6.92 Å². The van der Waals surface area contributed by atoms with E-state index in [1.54, 1.807) is 18.3 Å². The van der Waals surface area contributed by atoms with Gasteiger partial charge >= 0.3 is 57.2 Å². The van der Waals surface area contributed by atoms with Crippen molar-refractivity contribution < 1.29 is 60.1 Å². The molecule has 0 spiro atoms. The Hall–Kier alpha value is 0.299. The topological polar surface area (TPSA) is 129 Å². The number of halogens is 1. The molecule has 2 unspecified atom stereocenters. The van der Waals surface area contributed by atoms with Gasteiger partial charge < -0.3 is 20.7 Å². The summed E-state index contributed by atoms with van der Waals surface area (Å²) in [7, 11) is 0.0442. The van der Waals surface area contributed by atoms with Crippen molar-refractivity contribution in [3.05, 3.63) is 35.4 Å². The zero-order valence-electron chi connectivity index (χ0n) is 14.5. The Kier molecular flexibility index (Phi) is 10.0. The maximum atomic E-state index is 9.06. The summed E-state index contributed by atoms with van der Waals surface area (Å²) < 4.78 is 7.68. The normalized spacial score (nSPS) is 19.4. The molecule has 5 N–H and O–H groups in total. The van der Waals surface area contributed by atoms with E-state index in [-0.39, 0.29) is 45.4 Å². The minimum absolute atomic E-state index is 0.185. The van der Waals surface area contributed by atoms with Crippen molar-refractivity contribution in [2.45, 2.75) is 13.3 Å². The van der Waals surface area contributed by atoms with E-state index in [4.69, 9.17) is 27.8 Å². The summed E-state index contributed by atoms with van der Waals surface area (Å²) in [5.74, 6) is 3.15. The van der Waals surface area contributed by atoms with Crippen molar-refractivity contribution in [1.29, 1.82) is 0 Å². The molecule has 2 aromatic rings. The summed E-state index contributed by atoms with van der Waals surface area (Å²) in [4.78, 5) is 13.9. The monoisotopic (exact) mass is 683 g/mol. The Labute approximate surface area is 192 Å². The standard InChI is InChI=1S/C11H15BN2O2.C4H4ClN3.HOXe.Re/c1-7-2-10(12(15)16)4-13-11(7)14-5-8-3-9(8)6-14;5-4-7-2-1-3(6)8-4;1-2;/h2,4,8-9,15-16H,3,5-6H2,1H3;1-2H,(H2,6,7,8);1H;. The third-order valence-electron chi connectivity index (χ3n) is 4.30. The van der Waals surface area contributed by atoms with Gasteiger partial charge in [-0.15, -0.1) is 0 Å². The van der Waals surface area contributed by atoms with Gasteiger partial charge in [0.2, 0.25) is 5.28 Å². The molecule has 1 aliphatic carbocycles. The SMILES string of the molecule is Cc1cc(B(O)O)cnc1N1CC2CC2C1.Nc1ccnc(Cl)n1.O[Xe][Re]. The molecule has 0 bridgehead atoms. The number of hydrogen-bond donors (Lipinski definition) is 4. The van der Waals surface area contributed by atoms with Crippen LogP contribution >= 0.6 is 11.6 Å². The van der Waals surface area contributed by atoms with Crippen LogP contribution in [0, 0.1) is 58.9 Å². The van der Waals surface area contributed by atoms with Gasteiger partial charge in [0.1, 0.15) is 11.6 Å². The summed E-state index contributed by atoms with van der Waals surface area (Å²) in [5, 5.41) is 18.3. The summed E-state index contributed by atoms with van der Waals surface area (Å²) in [6.07, 6.45) is 4.44. The number of anilines is 2. The van der Waals surface area contributed by atoms with Gasteiger partial charge in [0.25, 0.3) is 0 Å². The molecule has 0 aromatic carbocycles. The van der Waals surface area contributed by atoms with Crippen LogP contribution in [0.4, 0.5) is 11.6 Å². The summed E-state index contributed by atoms with van der Waals surface area (Å²) in [6.45, 7) is 4.19. The summed E-state index contributed by atoms with van der Waals surface area (Å²) in [5.41, 5.74) is 6.71. The Morgan fingerprint density at radius 1 is 1.33 bits per heavy atom. The van der Waals surface area contributed by atoms with Crippen molar-refractivity contribution in [2.75, 3.05) is 23.7 Å². The number of hydrogen-bond acceptors (Lipinski definition) is 8. The van der Waals surface area contributed by atoms with E-state index in [2.05, 4.69) is 19.9 Å². The predicted molar refractivity (Wildman–Crippen MR) is 96.3 cm³/mol. The average Bonchev–Trinajstić information content (AvgIpc) is 3.21. The van der Waals surface area contributed by atoms with Crippen molar-refractivity contribution in [2.24, 2.45) is 11.8 Å². The van der Waals surface area contributed by atoms with Crippen LogP contribution in [0.25, 0.3) is 0 Å². The zero-order chi connectivity index (χ0) is 20.0. The van der Waals surface area contributed by atoms with Crippen molar-refractivity contribution in [3.63, 3.8) is 0 Å². The molecule has 2 fully saturated rings. The number of pyridine rings is 1. The van der Waals surface area contributed by atoms with E-state index >= 15 is 0 Å². The van der Waals surface area contributed by atoms with Crippen LogP contribution in [0.5, 0.6) is 0 Å². The first kappa shape index (κ1) is 23.6. The summed E-state index contributed by atoms with van der Waals surface area (Å²) in [6, 6.07) is 3.38. The molecule has 27 heavy (non-hydrogen) atoms. The van der Waals surface area contributed by atoms with Crippen molar-refractivity contribution in [1.82, 2.24) is 15.0 Å². The number of aromatic nitrogens is 3. The third-order valence-corrected chi connectivity index (χ3v) is 4.48. The van der Waals surface area contributed by atoms with Crippen LogP contribution in [0.2, 0.25) is 5.28 Å². The van der Waals surface area contributed by atoms with E-state index in [1.165, 1.54) is 22.1 Å². The molecule has 1 saturated carbocycles.